The summed E-state index contributed by atoms with van der Waals surface area (Å²) in [5.74, 6) is 1.33. The summed E-state index contributed by atoms with van der Waals surface area (Å²) in [7, 11) is 0. The lowest BCUT2D eigenvalue weighted by Gasteiger charge is -2.17. The van der Waals surface area contributed by atoms with E-state index in [1.807, 2.05) is 36.4 Å². The second kappa shape index (κ2) is 7.60. The normalized spacial score (nSPS) is 16.7. The molecule has 2 amide bonds. The van der Waals surface area contributed by atoms with Crippen LogP contribution in [-0.2, 0) is 4.79 Å². The number of amides is 2. The van der Waals surface area contributed by atoms with Crippen LogP contribution in [0.4, 0.5) is 0 Å². The molecule has 0 radical (unpaired) electrons. The van der Waals surface area contributed by atoms with Gasteiger partial charge in [0.2, 0.25) is 12.3 Å². The van der Waals surface area contributed by atoms with E-state index in [0.717, 1.165) is 29.7 Å². The van der Waals surface area contributed by atoms with Gasteiger partial charge in [0.1, 0.15) is 11.5 Å². The van der Waals surface area contributed by atoms with Crippen LogP contribution in [0.1, 0.15) is 53.6 Å². The molecule has 1 fully saturated rings. The minimum atomic E-state index is -0.479. The number of nitrogens with zero attached hydrogens (tertiary/aromatic N) is 1. The number of carbonyl (C=O) groups excluding carboxylic acids is 2. The highest BCUT2D eigenvalue weighted by molar-refractivity contribution is 5.95. The number of hydrogen-bond acceptors (Lipinski definition) is 3. The molecule has 0 saturated carbocycles. The van der Waals surface area contributed by atoms with Crippen molar-refractivity contribution >= 4 is 12.3 Å². The summed E-state index contributed by atoms with van der Waals surface area (Å²) in [4.78, 5) is 24.7. The van der Waals surface area contributed by atoms with Gasteiger partial charge >= 0.3 is 0 Å². The Hall–Kier alpha value is -2.82. The Bertz CT molecular complexity index is 817. The van der Waals surface area contributed by atoms with Crippen LogP contribution in [0.3, 0.4) is 0 Å². The summed E-state index contributed by atoms with van der Waals surface area (Å²) in [6, 6.07) is 13.3. The molecule has 5 heteroatoms. The van der Waals surface area contributed by atoms with Crippen molar-refractivity contribution in [3.63, 3.8) is 0 Å². The molecule has 1 aliphatic rings. The molecule has 1 heterocycles. The Morgan fingerprint density at radius 2 is 2.04 bits per heavy atom. The van der Waals surface area contributed by atoms with Crippen molar-refractivity contribution in [3.8, 4) is 11.5 Å². The zero-order valence-electron chi connectivity index (χ0n) is 15.1. The Morgan fingerprint density at radius 1 is 1.27 bits per heavy atom. The number of likely N-dealkylation sites (tertiary alicyclic amines) is 1. The highest BCUT2D eigenvalue weighted by atomic mass is 16.5. The number of ether oxygens (including phenoxy) is 1. The van der Waals surface area contributed by atoms with Crippen LogP contribution in [-0.4, -0.2) is 30.3 Å². The average molecular weight is 352 g/mol. The monoisotopic (exact) mass is 352 g/mol. The molecular weight excluding hydrogens is 328 g/mol. The minimum Gasteiger partial charge on any atom is -0.457 e. The lowest BCUT2D eigenvalue weighted by atomic mass is 9.93. The zero-order chi connectivity index (χ0) is 18.7. The van der Waals surface area contributed by atoms with E-state index in [-0.39, 0.29) is 5.92 Å². The summed E-state index contributed by atoms with van der Waals surface area (Å²) in [6.45, 7) is 5.53. The Labute approximate surface area is 153 Å². The van der Waals surface area contributed by atoms with Crippen LogP contribution in [0, 0.1) is 0 Å². The van der Waals surface area contributed by atoms with E-state index in [2.05, 4.69) is 13.8 Å². The maximum absolute atomic E-state index is 12.0. The molecule has 1 unspecified atom stereocenters. The van der Waals surface area contributed by atoms with Gasteiger partial charge in [-0.25, -0.2) is 0 Å². The number of primary amides is 1. The first-order valence-corrected chi connectivity index (χ1v) is 8.89. The first kappa shape index (κ1) is 18.0. The largest absolute Gasteiger partial charge is 0.457 e. The number of hydrogen-bond donors (Lipinski definition) is 1. The number of carbonyl (C=O) groups is 2. The molecule has 26 heavy (non-hydrogen) atoms. The van der Waals surface area contributed by atoms with Crippen molar-refractivity contribution in [3.05, 3.63) is 59.2 Å². The SMILES string of the molecule is CC(C)c1ccccc1Oc1ccc(C2CCN(C=O)C2)c(C(N)=O)c1. The summed E-state index contributed by atoms with van der Waals surface area (Å²) in [6.07, 6.45) is 1.68. The fourth-order valence-corrected chi connectivity index (χ4v) is 3.48. The molecule has 1 atom stereocenters. The van der Waals surface area contributed by atoms with Gasteiger partial charge in [0.15, 0.2) is 0 Å². The zero-order valence-corrected chi connectivity index (χ0v) is 15.1. The fraction of sp³-hybridized carbons (Fsp3) is 0.333. The number of rotatable bonds is 6. The van der Waals surface area contributed by atoms with Gasteiger partial charge in [-0.05, 0) is 41.7 Å². The van der Waals surface area contributed by atoms with Crippen molar-refractivity contribution < 1.29 is 14.3 Å². The Balaban J connectivity index is 1.90. The van der Waals surface area contributed by atoms with Crippen LogP contribution in [0.25, 0.3) is 0 Å². The molecular formula is C21H24N2O3. The van der Waals surface area contributed by atoms with Crippen LogP contribution in [0.2, 0.25) is 0 Å². The van der Waals surface area contributed by atoms with E-state index in [1.54, 1.807) is 11.0 Å². The predicted octanol–water partition coefficient (Wildman–Crippen LogP) is 3.65. The molecule has 3 rings (SSSR count). The quantitative estimate of drug-likeness (QED) is 0.807. The van der Waals surface area contributed by atoms with Crippen molar-refractivity contribution in [1.29, 1.82) is 0 Å². The van der Waals surface area contributed by atoms with Crippen molar-refractivity contribution in [2.45, 2.75) is 32.1 Å². The van der Waals surface area contributed by atoms with Gasteiger partial charge in [-0.1, -0.05) is 38.1 Å². The summed E-state index contributed by atoms with van der Waals surface area (Å²) < 4.78 is 6.05. The number of para-hydroxylation sites is 1. The molecule has 0 aromatic heterocycles. The van der Waals surface area contributed by atoms with Crippen LogP contribution in [0.5, 0.6) is 11.5 Å². The van der Waals surface area contributed by atoms with Crippen LogP contribution in [0.15, 0.2) is 42.5 Å². The summed E-state index contributed by atoms with van der Waals surface area (Å²) in [5.41, 5.74) is 8.06. The lowest BCUT2D eigenvalue weighted by Crippen LogP contribution is -2.19. The van der Waals surface area contributed by atoms with Gasteiger partial charge in [-0.15, -0.1) is 0 Å². The van der Waals surface area contributed by atoms with Gasteiger partial charge in [0.05, 0.1) is 0 Å². The highest BCUT2D eigenvalue weighted by Gasteiger charge is 2.26. The molecule has 1 saturated heterocycles. The molecule has 2 aromatic carbocycles. The minimum absolute atomic E-state index is 0.125. The van der Waals surface area contributed by atoms with Crippen molar-refractivity contribution in [2.75, 3.05) is 13.1 Å². The van der Waals surface area contributed by atoms with E-state index in [9.17, 15) is 9.59 Å². The topological polar surface area (TPSA) is 72.6 Å². The lowest BCUT2D eigenvalue weighted by molar-refractivity contribution is -0.117. The first-order chi connectivity index (χ1) is 12.5. The van der Waals surface area contributed by atoms with Gasteiger partial charge in [0, 0.05) is 24.6 Å². The van der Waals surface area contributed by atoms with E-state index in [1.165, 1.54) is 0 Å². The molecule has 2 N–H and O–H groups in total. The molecule has 1 aliphatic heterocycles. The average Bonchev–Trinajstić information content (AvgIpc) is 3.11. The Kier molecular flexibility index (Phi) is 5.26. The van der Waals surface area contributed by atoms with E-state index >= 15 is 0 Å². The number of benzene rings is 2. The van der Waals surface area contributed by atoms with E-state index < -0.39 is 5.91 Å². The third-order valence-electron chi connectivity index (χ3n) is 4.87. The van der Waals surface area contributed by atoms with Gasteiger partial charge in [-0.3, -0.25) is 9.59 Å². The van der Waals surface area contributed by atoms with E-state index in [4.69, 9.17) is 10.5 Å². The van der Waals surface area contributed by atoms with Gasteiger partial charge in [0.25, 0.3) is 0 Å². The van der Waals surface area contributed by atoms with Gasteiger partial charge < -0.3 is 15.4 Å². The molecule has 5 nitrogen and oxygen atoms in total. The highest BCUT2D eigenvalue weighted by Crippen LogP contribution is 2.34. The van der Waals surface area contributed by atoms with Crippen molar-refractivity contribution in [2.24, 2.45) is 5.73 Å². The van der Waals surface area contributed by atoms with E-state index in [0.29, 0.717) is 30.3 Å². The van der Waals surface area contributed by atoms with Gasteiger partial charge in [-0.2, -0.15) is 0 Å². The Morgan fingerprint density at radius 3 is 2.69 bits per heavy atom. The summed E-state index contributed by atoms with van der Waals surface area (Å²) in [5, 5.41) is 0. The first-order valence-electron chi connectivity index (χ1n) is 8.89. The summed E-state index contributed by atoms with van der Waals surface area (Å²) >= 11 is 0. The molecule has 2 aromatic rings. The maximum atomic E-state index is 12.0. The second-order valence-corrected chi connectivity index (χ2v) is 6.99. The molecule has 136 valence electrons. The second-order valence-electron chi connectivity index (χ2n) is 6.99. The standard InChI is InChI=1S/C21H24N2O3/c1-14(2)17-5-3-4-6-20(17)26-16-7-8-18(19(11-16)21(22)25)15-9-10-23(12-15)13-24/h3-8,11,13-15H,9-10,12H2,1-2H3,(H2,22,25). The fourth-order valence-electron chi connectivity index (χ4n) is 3.48. The third-order valence-corrected chi connectivity index (χ3v) is 4.87. The molecule has 0 aliphatic carbocycles. The smallest absolute Gasteiger partial charge is 0.249 e. The molecule has 0 bridgehead atoms. The predicted molar refractivity (Wildman–Crippen MR) is 101 cm³/mol. The van der Waals surface area contributed by atoms with Crippen molar-refractivity contribution in [1.82, 2.24) is 4.90 Å². The molecule has 0 spiro atoms. The third kappa shape index (κ3) is 3.72. The van der Waals surface area contributed by atoms with Crippen LogP contribution >= 0.6 is 0 Å². The van der Waals surface area contributed by atoms with Crippen LogP contribution < -0.4 is 10.5 Å². The maximum Gasteiger partial charge on any atom is 0.249 e. The number of nitrogens with two attached hydrogens (primary N) is 1.